The summed E-state index contributed by atoms with van der Waals surface area (Å²) in [7, 11) is 0.0769. The van der Waals surface area contributed by atoms with E-state index >= 15 is 0 Å². The van der Waals surface area contributed by atoms with Crippen LogP contribution in [0.2, 0.25) is 0 Å². The molecule has 0 amide bonds. The van der Waals surface area contributed by atoms with Crippen LogP contribution in [0.5, 0.6) is 0 Å². The van der Waals surface area contributed by atoms with Gasteiger partial charge in [-0.05, 0) is 54.3 Å². The molecule has 2 fully saturated rings. The Morgan fingerprint density at radius 2 is 1.21 bits per heavy atom. The Labute approximate surface area is 218 Å². The zero-order valence-corrected chi connectivity index (χ0v) is 23.2. The van der Waals surface area contributed by atoms with Crippen LogP contribution in [0.3, 0.4) is 0 Å². The van der Waals surface area contributed by atoms with Crippen LogP contribution in [-0.2, 0) is 26.2 Å². The number of hydrogen-bond donors (Lipinski definition) is 0. The average molecular weight is 562 g/mol. The van der Waals surface area contributed by atoms with E-state index in [1.165, 1.54) is 76.2 Å². The molecule has 2 aliphatic carbocycles. The SMILES string of the molecule is CCC(=Cc1ccccc1)P(C1CCCCC1)C1CCCCC1.[Cl-].[Cl-].[Cl-].[Cl-].[Zr+4]. The first-order valence-electron chi connectivity index (χ1n) is 9.92. The summed E-state index contributed by atoms with van der Waals surface area (Å²) in [5, 5.41) is 1.81. The maximum absolute atomic E-state index is 2.56. The number of rotatable bonds is 5. The van der Waals surface area contributed by atoms with Gasteiger partial charge in [-0.15, -0.1) is 0 Å². The second-order valence-electron chi connectivity index (χ2n) is 7.39. The Morgan fingerprint density at radius 3 is 1.61 bits per heavy atom. The monoisotopic (exact) mass is 558 g/mol. The standard InChI is InChI=1S/C22H33P.4ClH.Zr/c1-2-20(18-19-12-6-3-7-13-19)23(21-14-8-4-9-15-21)22-16-10-5-11-17-22;;;;;/h3,6-7,12-13,18,21-22H,2,4-5,8-11,14-17H2,1H3;4*1H;/q;;;;;+4/p-4. The molecule has 0 aromatic heterocycles. The summed E-state index contributed by atoms with van der Waals surface area (Å²) >= 11 is 0. The molecule has 0 radical (unpaired) electrons. The molecule has 0 nitrogen and oxygen atoms in total. The predicted octanol–water partition coefficient (Wildman–Crippen LogP) is -4.40. The Morgan fingerprint density at radius 1 is 0.786 bits per heavy atom. The Balaban J connectivity index is -0.00000125. The van der Waals surface area contributed by atoms with E-state index in [0.717, 1.165) is 11.3 Å². The van der Waals surface area contributed by atoms with Crippen LogP contribution in [-0.4, -0.2) is 11.3 Å². The van der Waals surface area contributed by atoms with Crippen molar-refractivity contribution < 1.29 is 75.8 Å². The molecule has 0 atom stereocenters. The molecule has 1 aromatic rings. The van der Waals surface area contributed by atoms with Crippen LogP contribution in [0.1, 0.15) is 83.1 Å². The third-order valence-corrected chi connectivity index (χ3v) is 9.48. The van der Waals surface area contributed by atoms with Crippen molar-refractivity contribution in [3.05, 3.63) is 41.2 Å². The van der Waals surface area contributed by atoms with E-state index in [1.807, 2.05) is 5.31 Å². The summed E-state index contributed by atoms with van der Waals surface area (Å²) in [6.07, 6.45) is 18.8. The molecule has 3 rings (SSSR count). The topological polar surface area (TPSA) is 0 Å². The third-order valence-electron chi connectivity index (χ3n) is 5.76. The first-order valence-corrected chi connectivity index (χ1v) is 11.4. The Kier molecular flexibility index (Phi) is 23.3. The Hall–Kier alpha value is 1.43. The number of halogens is 4. The summed E-state index contributed by atoms with van der Waals surface area (Å²) in [5.41, 5.74) is 3.47. The van der Waals surface area contributed by atoms with Crippen molar-refractivity contribution >= 4 is 14.0 Å². The van der Waals surface area contributed by atoms with Gasteiger partial charge in [0, 0.05) is 0 Å². The molecule has 0 unspecified atom stereocenters. The van der Waals surface area contributed by atoms with Crippen molar-refractivity contribution in [1.29, 1.82) is 0 Å². The fraction of sp³-hybridized carbons (Fsp3) is 0.636. The molecule has 2 aliphatic rings. The average Bonchev–Trinajstić information content (AvgIpc) is 2.64. The molecule has 2 saturated carbocycles. The van der Waals surface area contributed by atoms with Gasteiger partial charge in [-0.2, -0.15) is 0 Å². The zero-order chi connectivity index (χ0) is 15.9. The second kappa shape index (κ2) is 19.1. The third kappa shape index (κ3) is 10.2. The molecule has 0 bridgehead atoms. The molecule has 158 valence electrons. The maximum atomic E-state index is 2.56. The summed E-state index contributed by atoms with van der Waals surface area (Å²) in [5.74, 6) is 0. The van der Waals surface area contributed by atoms with Gasteiger partial charge < -0.3 is 49.6 Å². The molecule has 28 heavy (non-hydrogen) atoms. The van der Waals surface area contributed by atoms with Crippen LogP contribution < -0.4 is 49.6 Å². The predicted molar refractivity (Wildman–Crippen MR) is 105 cm³/mol. The zero-order valence-electron chi connectivity index (χ0n) is 16.9. The minimum atomic E-state index is 0. The molecule has 0 aliphatic heterocycles. The number of hydrogen-bond acceptors (Lipinski definition) is 0. The number of benzene rings is 1. The Bertz CT molecular complexity index is 483. The minimum absolute atomic E-state index is 0. The first-order chi connectivity index (χ1) is 11.4. The van der Waals surface area contributed by atoms with E-state index < -0.39 is 0 Å². The van der Waals surface area contributed by atoms with Gasteiger partial charge in [0.25, 0.3) is 0 Å². The van der Waals surface area contributed by atoms with Crippen LogP contribution >= 0.6 is 7.92 Å². The van der Waals surface area contributed by atoms with Gasteiger partial charge in [-0.3, -0.25) is 0 Å². The van der Waals surface area contributed by atoms with Crippen molar-refractivity contribution in [2.24, 2.45) is 0 Å². The van der Waals surface area contributed by atoms with Crippen LogP contribution in [0.4, 0.5) is 0 Å². The van der Waals surface area contributed by atoms with E-state index in [2.05, 4.69) is 43.3 Å². The van der Waals surface area contributed by atoms with Crippen LogP contribution in [0, 0.1) is 0 Å². The molecular formula is C22H33Cl4PZr. The molecule has 0 spiro atoms. The van der Waals surface area contributed by atoms with E-state index in [1.54, 1.807) is 0 Å². The molecule has 1 aromatic carbocycles. The van der Waals surface area contributed by atoms with Gasteiger partial charge in [0.2, 0.25) is 0 Å². The largest absolute Gasteiger partial charge is 4.00 e. The van der Waals surface area contributed by atoms with E-state index in [9.17, 15) is 0 Å². The minimum Gasteiger partial charge on any atom is -1.00 e. The van der Waals surface area contributed by atoms with Gasteiger partial charge in [-0.25, -0.2) is 0 Å². The van der Waals surface area contributed by atoms with E-state index in [-0.39, 0.29) is 83.8 Å². The summed E-state index contributed by atoms with van der Waals surface area (Å²) in [6.45, 7) is 2.40. The van der Waals surface area contributed by atoms with E-state index in [0.29, 0.717) is 0 Å². The van der Waals surface area contributed by atoms with Crippen LogP contribution in [0.15, 0.2) is 35.6 Å². The first kappa shape index (κ1) is 34.1. The van der Waals surface area contributed by atoms with Gasteiger partial charge in [0.15, 0.2) is 0 Å². The van der Waals surface area contributed by atoms with Crippen molar-refractivity contribution in [1.82, 2.24) is 0 Å². The van der Waals surface area contributed by atoms with Gasteiger partial charge in [-0.1, -0.05) is 89.8 Å². The van der Waals surface area contributed by atoms with Crippen molar-refractivity contribution in [2.75, 3.05) is 0 Å². The summed E-state index contributed by atoms with van der Waals surface area (Å²) in [6, 6.07) is 11.1. The normalized spacial score (nSPS) is 17.9. The van der Waals surface area contributed by atoms with E-state index in [4.69, 9.17) is 0 Å². The fourth-order valence-corrected chi connectivity index (χ4v) is 8.63. The van der Waals surface area contributed by atoms with Gasteiger partial charge >= 0.3 is 26.2 Å². The quantitative estimate of drug-likeness (QED) is 0.319. The molecule has 6 heteroatoms. The molecule has 0 saturated heterocycles. The molecule has 0 heterocycles. The van der Waals surface area contributed by atoms with Crippen molar-refractivity contribution in [2.45, 2.75) is 88.9 Å². The summed E-state index contributed by atoms with van der Waals surface area (Å²) < 4.78 is 0. The maximum Gasteiger partial charge on any atom is 4.00 e. The smallest absolute Gasteiger partial charge is 1.00 e. The fourth-order valence-electron chi connectivity index (χ4n) is 4.59. The van der Waals surface area contributed by atoms with Crippen molar-refractivity contribution in [3.63, 3.8) is 0 Å². The second-order valence-corrected chi connectivity index (χ2v) is 10.2. The summed E-state index contributed by atoms with van der Waals surface area (Å²) in [4.78, 5) is 0. The molecule has 0 N–H and O–H groups in total. The van der Waals surface area contributed by atoms with Crippen molar-refractivity contribution in [3.8, 4) is 0 Å². The van der Waals surface area contributed by atoms with Gasteiger partial charge in [0.1, 0.15) is 0 Å². The van der Waals surface area contributed by atoms with Crippen LogP contribution in [0.25, 0.3) is 6.08 Å². The molecular weight excluding hydrogens is 528 g/mol. The van der Waals surface area contributed by atoms with Gasteiger partial charge in [0.05, 0.1) is 0 Å². The number of allylic oxidation sites excluding steroid dienone is 1.